The number of aryl methyl sites for hydroxylation is 1. The zero-order chi connectivity index (χ0) is 18.1. The highest BCUT2D eigenvalue weighted by Crippen LogP contribution is 2.39. The Balaban J connectivity index is 1.50. The number of para-hydroxylation sites is 1. The first-order chi connectivity index (χ1) is 12.6. The van der Waals surface area contributed by atoms with E-state index >= 15 is 0 Å². The number of amides is 1. The largest absolute Gasteiger partial charge is 0.361 e. The lowest BCUT2D eigenvalue weighted by molar-refractivity contribution is 0.0942. The van der Waals surface area contributed by atoms with Crippen molar-refractivity contribution in [1.82, 2.24) is 24.8 Å². The van der Waals surface area contributed by atoms with Crippen LogP contribution in [0.4, 0.5) is 0 Å². The fraction of sp³-hybridized carbons (Fsp3) is 0.333. The molecule has 0 atom stereocenters. The average Bonchev–Trinajstić information content (AvgIpc) is 3.32. The van der Waals surface area contributed by atoms with Gasteiger partial charge in [0.1, 0.15) is 11.6 Å². The third-order valence-electron chi connectivity index (χ3n) is 4.29. The number of aromatic nitrogens is 4. The fourth-order valence-electron chi connectivity index (χ4n) is 2.84. The topological polar surface area (TPSA) is 95.0 Å². The molecule has 0 aliphatic heterocycles. The van der Waals surface area contributed by atoms with Gasteiger partial charge in [0.05, 0.1) is 12.2 Å². The zero-order valence-electron chi connectivity index (χ0n) is 14.4. The minimum Gasteiger partial charge on any atom is -0.361 e. The number of carbonyl (C=O) groups excluding carboxylic acids is 1. The van der Waals surface area contributed by atoms with E-state index in [-0.39, 0.29) is 23.8 Å². The maximum atomic E-state index is 12.8. The van der Waals surface area contributed by atoms with E-state index in [9.17, 15) is 9.59 Å². The van der Waals surface area contributed by atoms with E-state index in [0.717, 1.165) is 24.4 Å². The van der Waals surface area contributed by atoms with Crippen molar-refractivity contribution in [2.24, 2.45) is 0 Å². The molecule has 1 fully saturated rings. The molecular weight excluding hydrogens is 334 g/mol. The first kappa shape index (κ1) is 16.3. The number of nitrogens with zero attached hydrogens (tertiary/aromatic N) is 4. The molecule has 1 amide bonds. The highest BCUT2D eigenvalue weighted by Gasteiger charge is 2.31. The number of benzene rings is 1. The van der Waals surface area contributed by atoms with Crippen LogP contribution in [0.5, 0.6) is 0 Å². The molecule has 1 aliphatic carbocycles. The van der Waals surface area contributed by atoms with Gasteiger partial charge in [0.2, 0.25) is 0 Å². The van der Waals surface area contributed by atoms with Crippen molar-refractivity contribution in [1.29, 1.82) is 0 Å². The summed E-state index contributed by atoms with van der Waals surface area (Å²) in [4.78, 5) is 24.8. The van der Waals surface area contributed by atoms with Gasteiger partial charge in [-0.05, 0) is 31.9 Å². The molecular formula is C18H19N5O3. The predicted octanol–water partition coefficient (Wildman–Crippen LogP) is 1.64. The van der Waals surface area contributed by atoms with Gasteiger partial charge in [-0.3, -0.25) is 4.79 Å². The second-order valence-electron chi connectivity index (χ2n) is 6.39. The second kappa shape index (κ2) is 6.62. The first-order valence-corrected chi connectivity index (χ1v) is 8.60. The molecule has 2 aromatic heterocycles. The van der Waals surface area contributed by atoms with Crippen LogP contribution >= 0.6 is 0 Å². The van der Waals surface area contributed by atoms with Crippen LogP contribution in [0.2, 0.25) is 0 Å². The normalized spacial score (nSPS) is 13.7. The molecule has 0 spiro atoms. The van der Waals surface area contributed by atoms with Crippen molar-refractivity contribution < 1.29 is 9.32 Å². The van der Waals surface area contributed by atoms with Crippen LogP contribution in [0.3, 0.4) is 0 Å². The maximum Gasteiger partial charge on any atom is 0.350 e. The molecule has 1 aromatic carbocycles. The fourth-order valence-corrected chi connectivity index (χ4v) is 2.84. The van der Waals surface area contributed by atoms with Crippen molar-refractivity contribution in [2.75, 3.05) is 6.54 Å². The van der Waals surface area contributed by atoms with Gasteiger partial charge in [-0.25, -0.2) is 14.0 Å². The molecule has 1 saturated carbocycles. The van der Waals surface area contributed by atoms with Crippen LogP contribution in [-0.4, -0.2) is 32.0 Å². The molecule has 0 bridgehead atoms. The third-order valence-corrected chi connectivity index (χ3v) is 4.29. The molecule has 0 radical (unpaired) electrons. The molecule has 8 nitrogen and oxygen atoms in total. The average molecular weight is 353 g/mol. The van der Waals surface area contributed by atoms with Crippen LogP contribution in [0.1, 0.15) is 40.8 Å². The Morgan fingerprint density at radius 3 is 2.73 bits per heavy atom. The highest BCUT2D eigenvalue weighted by atomic mass is 16.5. The van der Waals surface area contributed by atoms with Gasteiger partial charge in [-0.1, -0.05) is 23.4 Å². The van der Waals surface area contributed by atoms with Crippen LogP contribution in [0.15, 0.2) is 45.7 Å². The number of nitrogens with one attached hydrogen (secondary N) is 1. The van der Waals surface area contributed by atoms with Crippen LogP contribution in [0, 0.1) is 6.92 Å². The second-order valence-corrected chi connectivity index (χ2v) is 6.39. The molecule has 3 aromatic rings. The quantitative estimate of drug-likeness (QED) is 0.727. The summed E-state index contributed by atoms with van der Waals surface area (Å²) in [6, 6.07) is 11.1. The molecule has 1 N–H and O–H groups in total. The lowest BCUT2D eigenvalue weighted by Gasteiger charge is -2.03. The lowest BCUT2D eigenvalue weighted by Crippen LogP contribution is -2.32. The number of hydrogen-bond acceptors (Lipinski definition) is 5. The Morgan fingerprint density at radius 2 is 2.08 bits per heavy atom. The number of carbonyl (C=O) groups is 1. The third kappa shape index (κ3) is 3.17. The van der Waals surface area contributed by atoms with Gasteiger partial charge in [0.25, 0.3) is 5.91 Å². The maximum absolute atomic E-state index is 12.8. The van der Waals surface area contributed by atoms with Crippen molar-refractivity contribution in [3.8, 4) is 5.69 Å². The molecule has 4 rings (SSSR count). The zero-order valence-corrected chi connectivity index (χ0v) is 14.4. The Hall–Kier alpha value is -3.16. The summed E-state index contributed by atoms with van der Waals surface area (Å²) in [5.74, 6) is 1.36. The van der Waals surface area contributed by atoms with E-state index in [1.54, 1.807) is 17.6 Å². The summed E-state index contributed by atoms with van der Waals surface area (Å²) >= 11 is 0. The summed E-state index contributed by atoms with van der Waals surface area (Å²) in [7, 11) is 0. The van der Waals surface area contributed by atoms with Gasteiger partial charge in [-0.2, -0.15) is 5.10 Å². The van der Waals surface area contributed by atoms with Gasteiger partial charge >= 0.3 is 5.69 Å². The molecule has 8 heteroatoms. The van der Waals surface area contributed by atoms with Crippen molar-refractivity contribution in [3.05, 3.63) is 64.2 Å². The van der Waals surface area contributed by atoms with Crippen molar-refractivity contribution in [2.45, 2.75) is 32.2 Å². The van der Waals surface area contributed by atoms with E-state index in [4.69, 9.17) is 4.52 Å². The molecule has 1 aliphatic rings. The van der Waals surface area contributed by atoms with Gasteiger partial charge < -0.3 is 9.84 Å². The Bertz CT molecular complexity index is 982. The van der Waals surface area contributed by atoms with Crippen LogP contribution in [-0.2, 0) is 6.54 Å². The number of hydrogen-bond donors (Lipinski definition) is 1. The summed E-state index contributed by atoms with van der Waals surface area (Å²) in [6.45, 7) is 2.29. The Kier molecular flexibility index (Phi) is 4.16. The highest BCUT2D eigenvalue weighted by molar-refractivity contribution is 5.92. The standard InChI is InChI=1S/C18H19N5O3/c1-12-11-15(21-26-12)17(24)19-9-10-22-18(25)23(14-5-3-2-4-6-14)16(20-22)13-7-8-13/h2-6,11,13H,7-10H2,1H3,(H,19,24). The van der Waals surface area contributed by atoms with E-state index < -0.39 is 0 Å². The van der Waals surface area contributed by atoms with Crippen molar-refractivity contribution in [3.63, 3.8) is 0 Å². The summed E-state index contributed by atoms with van der Waals surface area (Å²) < 4.78 is 7.97. The van der Waals surface area contributed by atoms with E-state index in [2.05, 4.69) is 15.6 Å². The Morgan fingerprint density at radius 1 is 1.31 bits per heavy atom. The predicted molar refractivity (Wildman–Crippen MR) is 93.4 cm³/mol. The van der Waals surface area contributed by atoms with E-state index in [0.29, 0.717) is 18.2 Å². The minimum absolute atomic E-state index is 0.190. The smallest absolute Gasteiger partial charge is 0.350 e. The summed E-state index contributed by atoms with van der Waals surface area (Å²) in [5.41, 5.74) is 0.848. The van der Waals surface area contributed by atoms with E-state index in [1.165, 1.54) is 4.68 Å². The summed E-state index contributed by atoms with van der Waals surface area (Å²) in [5, 5.41) is 10.9. The summed E-state index contributed by atoms with van der Waals surface area (Å²) in [6.07, 6.45) is 2.09. The Labute approximate surface area is 149 Å². The van der Waals surface area contributed by atoms with Gasteiger partial charge in [-0.15, -0.1) is 0 Å². The van der Waals surface area contributed by atoms with Gasteiger partial charge in [0.15, 0.2) is 5.69 Å². The van der Waals surface area contributed by atoms with Crippen LogP contribution < -0.4 is 11.0 Å². The SMILES string of the molecule is Cc1cc(C(=O)NCCn2nc(C3CC3)n(-c3ccccc3)c2=O)no1. The molecule has 0 unspecified atom stereocenters. The lowest BCUT2D eigenvalue weighted by atomic mass is 10.3. The molecule has 2 heterocycles. The molecule has 26 heavy (non-hydrogen) atoms. The van der Waals surface area contributed by atoms with Gasteiger partial charge in [0, 0.05) is 18.5 Å². The van der Waals surface area contributed by atoms with Crippen LogP contribution in [0.25, 0.3) is 5.69 Å². The minimum atomic E-state index is -0.334. The molecule has 0 saturated heterocycles. The van der Waals surface area contributed by atoms with Crippen molar-refractivity contribution >= 4 is 5.91 Å². The molecule has 134 valence electrons. The first-order valence-electron chi connectivity index (χ1n) is 8.60. The monoisotopic (exact) mass is 353 g/mol. The van der Waals surface area contributed by atoms with E-state index in [1.807, 2.05) is 30.3 Å². The number of rotatable bonds is 6.